The number of ether oxygens (including phenoxy) is 2. The highest BCUT2D eigenvalue weighted by Gasteiger charge is 2.34. The van der Waals surface area contributed by atoms with Crippen LogP contribution in [-0.4, -0.2) is 23.9 Å². The van der Waals surface area contributed by atoms with Gasteiger partial charge < -0.3 is 15.2 Å². The van der Waals surface area contributed by atoms with Crippen molar-refractivity contribution in [3.05, 3.63) is 23.0 Å². The smallest absolute Gasteiger partial charge is 0.466 e. The van der Waals surface area contributed by atoms with Crippen LogP contribution in [0.4, 0.5) is 22.0 Å². The van der Waals surface area contributed by atoms with E-state index >= 15 is 0 Å². The standard InChI is InChI=1S/C12H13F5N2O3/c1-2-21-9(20)4-7-8(22-12(15,16)17)3-6(5-18)19-10(7)11(13)14/h3,11H,2,4-5,18H2,1H3. The Morgan fingerprint density at radius 1 is 1.41 bits per heavy atom. The number of alkyl halides is 5. The number of carbonyl (C=O) groups excluding carboxylic acids is 1. The van der Waals surface area contributed by atoms with Gasteiger partial charge in [-0.15, -0.1) is 13.2 Å². The zero-order valence-corrected chi connectivity index (χ0v) is 11.4. The molecule has 124 valence electrons. The first-order valence-corrected chi connectivity index (χ1v) is 6.10. The second kappa shape index (κ2) is 7.34. The largest absolute Gasteiger partial charge is 0.573 e. The fraction of sp³-hybridized carbons (Fsp3) is 0.500. The molecule has 1 rings (SSSR count). The van der Waals surface area contributed by atoms with E-state index in [1.807, 2.05) is 0 Å². The molecule has 0 saturated heterocycles. The second-order valence-corrected chi connectivity index (χ2v) is 4.01. The minimum Gasteiger partial charge on any atom is -0.466 e. The van der Waals surface area contributed by atoms with Crippen LogP contribution < -0.4 is 10.5 Å². The lowest BCUT2D eigenvalue weighted by Gasteiger charge is -2.17. The zero-order chi connectivity index (χ0) is 16.9. The van der Waals surface area contributed by atoms with Crippen molar-refractivity contribution in [2.45, 2.75) is 32.7 Å². The summed E-state index contributed by atoms with van der Waals surface area (Å²) in [5.74, 6) is -1.91. The van der Waals surface area contributed by atoms with Crippen LogP contribution in [0, 0.1) is 0 Å². The van der Waals surface area contributed by atoms with Crippen molar-refractivity contribution in [3.63, 3.8) is 0 Å². The number of esters is 1. The fourth-order valence-corrected chi connectivity index (χ4v) is 1.65. The van der Waals surface area contributed by atoms with Gasteiger partial charge in [-0.05, 0) is 6.92 Å². The predicted octanol–water partition coefficient (Wildman–Crippen LogP) is 2.48. The third-order valence-corrected chi connectivity index (χ3v) is 2.44. The van der Waals surface area contributed by atoms with E-state index in [-0.39, 0.29) is 18.8 Å². The topological polar surface area (TPSA) is 74.4 Å². The number of pyridine rings is 1. The molecule has 10 heteroatoms. The Hall–Kier alpha value is -1.97. The highest BCUT2D eigenvalue weighted by atomic mass is 19.4. The van der Waals surface area contributed by atoms with E-state index in [0.29, 0.717) is 0 Å². The van der Waals surface area contributed by atoms with Crippen LogP contribution in [-0.2, 0) is 22.5 Å². The van der Waals surface area contributed by atoms with Crippen LogP contribution in [0.3, 0.4) is 0 Å². The van der Waals surface area contributed by atoms with Gasteiger partial charge in [0, 0.05) is 18.2 Å². The summed E-state index contributed by atoms with van der Waals surface area (Å²) in [5, 5.41) is 0. The summed E-state index contributed by atoms with van der Waals surface area (Å²) in [6.07, 6.45) is -9.14. The quantitative estimate of drug-likeness (QED) is 0.641. The molecule has 1 heterocycles. The Morgan fingerprint density at radius 2 is 2.05 bits per heavy atom. The van der Waals surface area contributed by atoms with Crippen LogP contribution in [0.1, 0.15) is 30.3 Å². The third-order valence-electron chi connectivity index (χ3n) is 2.44. The van der Waals surface area contributed by atoms with E-state index in [9.17, 15) is 26.7 Å². The minimum atomic E-state index is -5.12. The summed E-state index contributed by atoms with van der Waals surface area (Å²) in [6, 6.07) is 0.772. The number of hydrogen-bond acceptors (Lipinski definition) is 5. The van der Waals surface area contributed by atoms with Crippen molar-refractivity contribution in [1.29, 1.82) is 0 Å². The normalized spacial score (nSPS) is 11.6. The molecule has 0 unspecified atom stereocenters. The van der Waals surface area contributed by atoms with Gasteiger partial charge in [0.1, 0.15) is 11.4 Å². The highest BCUT2D eigenvalue weighted by molar-refractivity contribution is 5.74. The number of aromatic nitrogens is 1. The molecule has 0 spiro atoms. The summed E-state index contributed by atoms with van der Waals surface area (Å²) in [6.45, 7) is 1.05. The maximum Gasteiger partial charge on any atom is 0.573 e. The molecular formula is C12H13F5N2O3. The molecule has 0 bridgehead atoms. The average Bonchev–Trinajstić information content (AvgIpc) is 2.38. The van der Waals surface area contributed by atoms with Gasteiger partial charge in [0.2, 0.25) is 0 Å². The van der Waals surface area contributed by atoms with E-state index in [1.54, 1.807) is 0 Å². The van der Waals surface area contributed by atoms with Gasteiger partial charge in [-0.3, -0.25) is 4.79 Å². The summed E-state index contributed by atoms with van der Waals surface area (Å²) in [5.41, 5.74) is 3.33. The van der Waals surface area contributed by atoms with Crippen LogP contribution in [0.5, 0.6) is 5.75 Å². The molecule has 1 aromatic rings. The molecule has 2 N–H and O–H groups in total. The Morgan fingerprint density at radius 3 is 2.50 bits per heavy atom. The van der Waals surface area contributed by atoms with Crippen molar-refractivity contribution in [2.24, 2.45) is 5.73 Å². The molecule has 22 heavy (non-hydrogen) atoms. The number of halogens is 5. The first-order chi connectivity index (χ1) is 10.2. The van der Waals surface area contributed by atoms with Crippen LogP contribution in [0.25, 0.3) is 0 Å². The Bertz CT molecular complexity index is 534. The van der Waals surface area contributed by atoms with E-state index in [2.05, 4.69) is 14.5 Å². The van der Waals surface area contributed by atoms with Gasteiger partial charge in [-0.1, -0.05) is 0 Å². The maximum absolute atomic E-state index is 13.0. The van der Waals surface area contributed by atoms with Crippen LogP contribution in [0.2, 0.25) is 0 Å². The van der Waals surface area contributed by atoms with E-state index in [1.165, 1.54) is 6.92 Å². The van der Waals surface area contributed by atoms with E-state index in [4.69, 9.17) is 5.73 Å². The maximum atomic E-state index is 13.0. The first-order valence-electron chi connectivity index (χ1n) is 6.10. The van der Waals surface area contributed by atoms with E-state index in [0.717, 1.165) is 6.07 Å². The van der Waals surface area contributed by atoms with Gasteiger partial charge in [0.15, 0.2) is 0 Å². The Balaban J connectivity index is 3.35. The fourth-order valence-electron chi connectivity index (χ4n) is 1.65. The highest BCUT2D eigenvalue weighted by Crippen LogP contribution is 2.33. The average molecular weight is 328 g/mol. The van der Waals surface area contributed by atoms with Crippen molar-refractivity contribution in [2.75, 3.05) is 6.61 Å². The Kier molecular flexibility index (Phi) is 6.03. The molecule has 1 aromatic heterocycles. The molecule has 0 radical (unpaired) electrons. The number of nitrogens with two attached hydrogens (primary N) is 1. The second-order valence-electron chi connectivity index (χ2n) is 4.01. The Labute approximate surface area is 122 Å². The van der Waals surface area contributed by atoms with Gasteiger partial charge >= 0.3 is 12.3 Å². The molecule has 0 aliphatic rings. The molecule has 0 aliphatic heterocycles. The third kappa shape index (κ3) is 5.10. The lowest BCUT2D eigenvalue weighted by molar-refractivity contribution is -0.275. The van der Waals surface area contributed by atoms with Crippen molar-refractivity contribution >= 4 is 5.97 Å². The number of rotatable bonds is 6. The van der Waals surface area contributed by atoms with Gasteiger partial charge in [-0.25, -0.2) is 13.8 Å². The van der Waals surface area contributed by atoms with Gasteiger partial charge in [0.25, 0.3) is 6.43 Å². The molecule has 0 aliphatic carbocycles. The predicted molar refractivity (Wildman–Crippen MR) is 64.1 cm³/mol. The van der Waals surface area contributed by atoms with E-state index < -0.39 is 42.2 Å². The summed E-state index contributed by atoms with van der Waals surface area (Å²) in [4.78, 5) is 14.9. The molecule has 0 fully saturated rings. The molecular weight excluding hydrogens is 315 g/mol. The number of nitrogens with zero attached hydrogens (tertiary/aromatic N) is 1. The lowest BCUT2D eigenvalue weighted by atomic mass is 10.1. The number of hydrogen-bond donors (Lipinski definition) is 1. The monoisotopic (exact) mass is 328 g/mol. The zero-order valence-electron chi connectivity index (χ0n) is 11.4. The minimum absolute atomic E-state index is 0.0490. The van der Waals surface area contributed by atoms with Gasteiger partial charge in [0.05, 0.1) is 18.7 Å². The van der Waals surface area contributed by atoms with Crippen LogP contribution >= 0.6 is 0 Å². The molecule has 0 saturated carbocycles. The summed E-state index contributed by atoms with van der Waals surface area (Å²) in [7, 11) is 0. The van der Waals surface area contributed by atoms with Crippen LogP contribution in [0.15, 0.2) is 6.07 Å². The molecule has 0 atom stereocenters. The van der Waals surface area contributed by atoms with Crippen molar-refractivity contribution in [3.8, 4) is 5.75 Å². The molecule has 0 aromatic carbocycles. The number of carbonyl (C=O) groups is 1. The summed E-state index contributed by atoms with van der Waals surface area (Å²) < 4.78 is 71.5. The van der Waals surface area contributed by atoms with Gasteiger partial charge in [-0.2, -0.15) is 0 Å². The van der Waals surface area contributed by atoms with Crippen molar-refractivity contribution < 1.29 is 36.2 Å². The SMILES string of the molecule is CCOC(=O)Cc1c(OC(F)(F)F)cc(CN)nc1C(F)F. The molecule has 5 nitrogen and oxygen atoms in total. The van der Waals surface area contributed by atoms with Crippen molar-refractivity contribution in [1.82, 2.24) is 4.98 Å². The lowest BCUT2D eigenvalue weighted by Crippen LogP contribution is -2.21. The first kappa shape index (κ1) is 18.1. The summed E-state index contributed by atoms with van der Waals surface area (Å²) >= 11 is 0. The molecule has 0 amide bonds.